The van der Waals surface area contributed by atoms with Crippen LogP contribution < -0.4 is 19.7 Å². The second-order valence-corrected chi connectivity index (χ2v) is 11.1. The SMILES string of the molecule is COc1cc(C)c(S(=O)N(C)CCC(=O)Nc2ccc(N3CCC(N(C)C)CC3)c(OC)c2)c(C)c1. The quantitative estimate of drug-likeness (QED) is 0.517. The second kappa shape index (κ2) is 12.6. The molecule has 198 valence electrons. The van der Waals surface area contributed by atoms with Crippen molar-refractivity contribution in [3.63, 3.8) is 0 Å². The van der Waals surface area contributed by atoms with Gasteiger partial charge in [-0.25, -0.2) is 8.51 Å². The van der Waals surface area contributed by atoms with E-state index in [0.29, 0.717) is 18.3 Å². The number of hydrogen-bond acceptors (Lipinski definition) is 6. The topological polar surface area (TPSA) is 74.4 Å². The molecule has 9 heteroatoms. The summed E-state index contributed by atoms with van der Waals surface area (Å²) in [6.45, 7) is 6.15. The third-order valence-electron chi connectivity index (χ3n) is 6.78. The number of piperidine rings is 1. The highest BCUT2D eigenvalue weighted by molar-refractivity contribution is 7.82. The summed E-state index contributed by atoms with van der Waals surface area (Å²) in [5, 5.41) is 2.95. The number of benzene rings is 2. The van der Waals surface area contributed by atoms with Crippen molar-refractivity contribution in [1.82, 2.24) is 9.21 Å². The summed E-state index contributed by atoms with van der Waals surface area (Å²) in [4.78, 5) is 18.1. The van der Waals surface area contributed by atoms with E-state index < -0.39 is 11.0 Å². The van der Waals surface area contributed by atoms with Gasteiger partial charge in [-0.1, -0.05) is 0 Å². The average Bonchev–Trinajstić information content (AvgIpc) is 2.86. The van der Waals surface area contributed by atoms with Crippen LogP contribution in [0.2, 0.25) is 0 Å². The number of carbonyl (C=O) groups excluding carboxylic acids is 1. The van der Waals surface area contributed by atoms with Crippen molar-refractivity contribution in [3.8, 4) is 11.5 Å². The number of carbonyl (C=O) groups is 1. The van der Waals surface area contributed by atoms with Gasteiger partial charge >= 0.3 is 0 Å². The first-order chi connectivity index (χ1) is 17.1. The fourth-order valence-corrected chi connectivity index (χ4v) is 5.90. The van der Waals surface area contributed by atoms with Crippen LogP contribution in [0, 0.1) is 13.8 Å². The van der Waals surface area contributed by atoms with E-state index in [-0.39, 0.29) is 12.3 Å². The van der Waals surface area contributed by atoms with Gasteiger partial charge in [0.15, 0.2) is 0 Å². The van der Waals surface area contributed by atoms with E-state index >= 15 is 0 Å². The van der Waals surface area contributed by atoms with E-state index in [2.05, 4.69) is 29.2 Å². The fraction of sp³-hybridized carbons (Fsp3) is 0.519. The highest BCUT2D eigenvalue weighted by Gasteiger charge is 2.23. The molecule has 1 unspecified atom stereocenters. The van der Waals surface area contributed by atoms with Crippen LogP contribution in [-0.4, -0.2) is 80.4 Å². The molecule has 1 atom stereocenters. The Kier molecular flexibility index (Phi) is 9.76. The molecular weight excluding hydrogens is 476 g/mol. The minimum absolute atomic E-state index is 0.136. The van der Waals surface area contributed by atoms with Gasteiger partial charge in [-0.2, -0.15) is 0 Å². The predicted molar refractivity (Wildman–Crippen MR) is 147 cm³/mol. The summed E-state index contributed by atoms with van der Waals surface area (Å²) in [6.07, 6.45) is 2.44. The summed E-state index contributed by atoms with van der Waals surface area (Å²) in [6, 6.07) is 10.2. The van der Waals surface area contributed by atoms with Crippen molar-refractivity contribution in [3.05, 3.63) is 41.5 Å². The van der Waals surface area contributed by atoms with Crippen LogP contribution in [0.1, 0.15) is 30.4 Å². The number of ether oxygens (including phenoxy) is 2. The van der Waals surface area contributed by atoms with Gasteiger partial charge in [-0.15, -0.1) is 0 Å². The molecule has 0 saturated carbocycles. The molecule has 0 spiro atoms. The summed E-state index contributed by atoms with van der Waals surface area (Å²) in [5.74, 6) is 1.36. The van der Waals surface area contributed by atoms with Crippen LogP contribution >= 0.6 is 0 Å². The second-order valence-electron chi connectivity index (χ2n) is 9.56. The molecule has 1 fully saturated rings. The summed E-state index contributed by atoms with van der Waals surface area (Å²) < 4.78 is 25.8. The minimum atomic E-state index is -1.37. The van der Waals surface area contributed by atoms with Crippen molar-refractivity contribution >= 4 is 28.3 Å². The third kappa shape index (κ3) is 6.78. The van der Waals surface area contributed by atoms with Crippen molar-refractivity contribution in [1.29, 1.82) is 0 Å². The van der Waals surface area contributed by atoms with Gasteiger partial charge in [0.1, 0.15) is 22.5 Å². The molecule has 2 aromatic rings. The summed E-state index contributed by atoms with van der Waals surface area (Å²) in [7, 11) is 7.94. The normalized spacial score (nSPS) is 15.3. The maximum absolute atomic E-state index is 13.1. The molecule has 1 saturated heterocycles. The number of nitrogens with one attached hydrogen (secondary N) is 1. The lowest BCUT2D eigenvalue weighted by atomic mass is 10.0. The molecule has 1 aliphatic rings. The van der Waals surface area contributed by atoms with E-state index in [1.165, 1.54) is 0 Å². The van der Waals surface area contributed by atoms with E-state index in [0.717, 1.165) is 59.1 Å². The zero-order valence-electron chi connectivity index (χ0n) is 22.6. The molecule has 1 amide bonds. The summed E-state index contributed by atoms with van der Waals surface area (Å²) in [5.41, 5.74) is 3.54. The number of nitrogens with zero attached hydrogens (tertiary/aromatic N) is 3. The maximum atomic E-state index is 13.1. The standard InChI is InChI=1S/C27H40N4O4S/c1-19-16-23(34-6)17-20(2)27(19)36(33)30(5)13-12-26(32)28-21-8-9-24(25(18-21)35-7)31-14-10-22(11-15-31)29(3)4/h8-9,16-18,22H,10-15H2,1-7H3,(H,28,32). The molecule has 1 heterocycles. The molecule has 3 rings (SSSR count). The van der Waals surface area contributed by atoms with Gasteiger partial charge < -0.3 is 24.6 Å². The van der Waals surface area contributed by atoms with Gasteiger partial charge in [-0.05, 0) is 76.2 Å². The maximum Gasteiger partial charge on any atom is 0.225 e. The third-order valence-corrected chi connectivity index (χ3v) is 8.52. The van der Waals surface area contributed by atoms with Crippen LogP contribution in [0.25, 0.3) is 0 Å². The highest BCUT2D eigenvalue weighted by Crippen LogP contribution is 2.33. The zero-order chi connectivity index (χ0) is 26.4. The Labute approximate surface area is 218 Å². The van der Waals surface area contributed by atoms with Crippen molar-refractivity contribution in [2.75, 3.05) is 65.2 Å². The Morgan fingerprint density at radius 3 is 2.25 bits per heavy atom. The molecule has 36 heavy (non-hydrogen) atoms. The Bertz CT molecular complexity index is 1060. The van der Waals surface area contributed by atoms with Gasteiger partial charge in [0.2, 0.25) is 5.91 Å². The molecule has 1 N–H and O–H groups in total. The van der Waals surface area contributed by atoms with E-state index in [1.807, 2.05) is 44.2 Å². The van der Waals surface area contributed by atoms with E-state index in [4.69, 9.17) is 9.47 Å². The van der Waals surface area contributed by atoms with Crippen molar-refractivity contribution in [2.45, 2.75) is 44.0 Å². The molecular formula is C27H40N4O4S. The Morgan fingerprint density at radius 2 is 1.69 bits per heavy atom. The lowest BCUT2D eigenvalue weighted by Crippen LogP contribution is -2.42. The van der Waals surface area contributed by atoms with E-state index in [1.54, 1.807) is 25.6 Å². The highest BCUT2D eigenvalue weighted by atomic mass is 32.2. The number of rotatable bonds is 10. The molecule has 0 bridgehead atoms. The van der Waals surface area contributed by atoms with Crippen LogP contribution in [0.15, 0.2) is 35.2 Å². The number of anilines is 2. The molecule has 0 aromatic heterocycles. The Hall–Kier alpha value is -2.62. The van der Waals surface area contributed by atoms with Crippen LogP contribution in [0.3, 0.4) is 0 Å². The number of methoxy groups -OCH3 is 2. The average molecular weight is 517 g/mol. The fourth-order valence-electron chi connectivity index (χ4n) is 4.66. The minimum Gasteiger partial charge on any atom is -0.497 e. The molecule has 8 nitrogen and oxygen atoms in total. The van der Waals surface area contributed by atoms with Crippen LogP contribution in [-0.2, 0) is 15.8 Å². The molecule has 0 aliphatic carbocycles. The first-order valence-electron chi connectivity index (χ1n) is 12.3. The Morgan fingerprint density at radius 1 is 1.06 bits per heavy atom. The van der Waals surface area contributed by atoms with Crippen LogP contribution in [0.4, 0.5) is 11.4 Å². The van der Waals surface area contributed by atoms with Gasteiger partial charge in [-0.3, -0.25) is 4.79 Å². The number of aryl methyl sites for hydroxylation is 2. The molecule has 1 aliphatic heterocycles. The van der Waals surface area contributed by atoms with Crippen molar-refractivity contribution in [2.24, 2.45) is 0 Å². The largest absolute Gasteiger partial charge is 0.497 e. The molecule has 2 aromatic carbocycles. The first kappa shape index (κ1) is 28.0. The lowest BCUT2D eigenvalue weighted by Gasteiger charge is -2.37. The molecule has 0 radical (unpaired) electrons. The Balaban J connectivity index is 1.58. The lowest BCUT2D eigenvalue weighted by molar-refractivity contribution is -0.116. The number of hydrogen-bond donors (Lipinski definition) is 1. The smallest absolute Gasteiger partial charge is 0.225 e. The van der Waals surface area contributed by atoms with Gasteiger partial charge in [0, 0.05) is 50.9 Å². The first-order valence-corrected chi connectivity index (χ1v) is 13.4. The van der Waals surface area contributed by atoms with Crippen LogP contribution in [0.5, 0.6) is 11.5 Å². The van der Waals surface area contributed by atoms with Gasteiger partial charge in [0.05, 0.1) is 24.8 Å². The van der Waals surface area contributed by atoms with E-state index in [9.17, 15) is 9.00 Å². The number of amides is 1. The monoisotopic (exact) mass is 516 g/mol. The van der Waals surface area contributed by atoms with Gasteiger partial charge in [0.25, 0.3) is 0 Å². The zero-order valence-corrected chi connectivity index (χ0v) is 23.4. The summed E-state index contributed by atoms with van der Waals surface area (Å²) >= 11 is 0. The predicted octanol–water partition coefficient (Wildman–Crippen LogP) is 3.83. The van der Waals surface area contributed by atoms with Crippen molar-refractivity contribution < 1.29 is 18.5 Å².